The molecule has 0 spiro atoms. The monoisotopic (exact) mass is 483 g/mol. The van der Waals surface area contributed by atoms with Crippen LogP contribution >= 0.6 is 0 Å². The van der Waals surface area contributed by atoms with Crippen LogP contribution in [0, 0.1) is 12.8 Å². The Morgan fingerprint density at radius 1 is 0.972 bits per heavy atom. The first-order valence-electron chi connectivity index (χ1n) is 12.2. The van der Waals surface area contributed by atoms with E-state index in [2.05, 4.69) is 20.5 Å². The summed E-state index contributed by atoms with van der Waals surface area (Å²) >= 11 is 0. The van der Waals surface area contributed by atoms with Crippen LogP contribution in [-0.2, 0) is 15.1 Å². The van der Waals surface area contributed by atoms with E-state index in [1.54, 1.807) is 12.3 Å². The van der Waals surface area contributed by atoms with Crippen LogP contribution in [0.1, 0.15) is 29.5 Å². The first-order valence-corrected chi connectivity index (χ1v) is 12.2. The number of nitrogens with zero attached hydrogens (tertiary/aromatic N) is 3. The molecule has 3 aromatic rings. The second-order valence-electron chi connectivity index (χ2n) is 9.39. The number of carbonyl (C=O) groups is 3. The van der Waals surface area contributed by atoms with Gasteiger partial charge in [0.15, 0.2) is 5.54 Å². The highest BCUT2D eigenvalue weighted by Crippen LogP contribution is 2.36. The molecule has 0 aliphatic carbocycles. The molecule has 0 saturated carbocycles. The summed E-state index contributed by atoms with van der Waals surface area (Å²) in [6.07, 6.45) is 3.01. The lowest BCUT2D eigenvalue weighted by atomic mass is 9.83. The van der Waals surface area contributed by atoms with E-state index in [0.717, 1.165) is 16.7 Å². The van der Waals surface area contributed by atoms with Crippen LogP contribution < -0.4 is 10.6 Å². The molecule has 4 amide bonds. The minimum absolute atomic E-state index is 0.0480. The molecule has 2 N–H and O–H groups in total. The number of piperidine rings is 1. The summed E-state index contributed by atoms with van der Waals surface area (Å²) in [5.74, 6) is 0.0640. The Morgan fingerprint density at radius 2 is 1.58 bits per heavy atom. The average Bonchev–Trinajstić information content (AvgIpc) is 3.17. The summed E-state index contributed by atoms with van der Waals surface area (Å²) in [6.45, 7) is 3.35. The van der Waals surface area contributed by atoms with Gasteiger partial charge in [-0.25, -0.2) is 14.7 Å². The predicted molar refractivity (Wildman–Crippen MR) is 136 cm³/mol. The van der Waals surface area contributed by atoms with Crippen LogP contribution in [0.5, 0.6) is 0 Å². The quantitative estimate of drug-likeness (QED) is 0.524. The normalized spacial score (nSPS) is 18.2. The van der Waals surface area contributed by atoms with Gasteiger partial charge in [-0.1, -0.05) is 66.7 Å². The molecule has 2 saturated heterocycles. The number of imide groups is 1. The maximum absolute atomic E-state index is 13.9. The van der Waals surface area contributed by atoms with Crippen LogP contribution in [0.3, 0.4) is 0 Å². The van der Waals surface area contributed by atoms with E-state index in [4.69, 9.17) is 0 Å². The van der Waals surface area contributed by atoms with E-state index in [-0.39, 0.29) is 24.4 Å². The number of likely N-dealkylation sites (tertiary alicyclic amines) is 1. The summed E-state index contributed by atoms with van der Waals surface area (Å²) < 4.78 is 0. The van der Waals surface area contributed by atoms with Crippen LogP contribution in [0.15, 0.2) is 79.0 Å². The topological polar surface area (TPSA) is 94.6 Å². The number of hydrogen-bond acceptors (Lipinski definition) is 5. The molecular formula is C28H29N5O3. The van der Waals surface area contributed by atoms with Gasteiger partial charge in [-0.15, -0.1) is 0 Å². The minimum atomic E-state index is -1.27. The van der Waals surface area contributed by atoms with E-state index < -0.39 is 11.6 Å². The van der Waals surface area contributed by atoms with Gasteiger partial charge in [0, 0.05) is 25.2 Å². The van der Waals surface area contributed by atoms with Crippen molar-refractivity contribution in [3.63, 3.8) is 0 Å². The summed E-state index contributed by atoms with van der Waals surface area (Å²) in [5, 5.41) is 5.88. The molecule has 36 heavy (non-hydrogen) atoms. The van der Waals surface area contributed by atoms with Crippen molar-refractivity contribution < 1.29 is 14.4 Å². The van der Waals surface area contributed by atoms with Crippen molar-refractivity contribution in [2.45, 2.75) is 25.3 Å². The number of carbonyl (C=O) groups excluding carboxylic acids is 3. The number of rotatable bonds is 6. The molecule has 184 valence electrons. The number of anilines is 1. The molecule has 2 aromatic carbocycles. The molecule has 8 heteroatoms. The Balaban J connectivity index is 1.27. The van der Waals surface area contributed by atoms with E-state index in [9.17, 15) is 14.4 Å². The number of hydrogen-bond donors (Lipinski definition) is 2. The van der Waals surface area contributed by atoms with E-state index >= 15 is 0 Å². The van der Waals surface area contributed by atoms with Crippen molar-refractivity contribution in [1.29, 1.82) is 0 Å². The summed E-state index contributed by atoms with van der Waals surface area (Å²) in [6, 6.07) is 22.0. The Kier molecular flexibility index (Phi) is 6.52. The third kappa shape index (κ3) is 4.47. The SMILES string of the molecule is Cc1ccc(NC(=O)C2CCN(CN3C(=O)NC(c4ccccc4)(c4ccccc4)C3=O)CC2)nc1. The predicted octanol–water partition coefficient (Wildman–Crippen LogP) is 3.49. The molecule has 0 bridgehead atoms. The maximum Gasteiger partial charge on any atom is 0.326 e. The van der Waals surface area contributed by atoms with Gasteiger partial charge in [-0.2, -0.15) is 0 Å². The zero-order chi connectivity index (χ0) is 25.1. The summed E-state index contributed by atoms with van der Waals surface area (Å²) in [7, 11) is 0. The first kappa shape index (κ1) is 23.7. The number of aryl methyl sites for hydroxylation is 1. The van der Waals surface area contributed by atoms with Gasteiger partial charge < -0.3 is 10.6 Å². The molecule has 3 heterocycles. The number of urea groups is 1. The number of pyridine rings is 1. The molecule has 2 aliphatic heterocycles. The van der Waals surface area contributed by atoms with Crippen molar-refractivity contribution >= 4 is 23.7 Å². The molecule has 2 aliphatic rings. The average molecular weight is 484 g/mol. The van der Waals surface area contributed by atoms with E-state index in [1.807, 2.05) is 73.7 Å². The maximum atomic E-state index is 13.9. The lowest BCUT2D eigenvalue weighted by molar-refractivity contribution is -0.132. The molecule has 0 atom stereocenters. The van der Waals surface area contributed by atoms with Gasteiger partial charge >= 0.3 is 6.03 Å². The fourth-order valence-corrected chi connectivity index (χ4v) is 4.95. The van der Waals surface area contributed by atoms with E-state index in [0.29, 0.717) is 31.7 Å². The van der Waals surface area contributed by atoms with Gasteiger partial charge in [0.1, 0.15) is 5.82 Å². The fraction of sp³-hybridized carbons (Fsp3) is 0.286. The first-order chi connectivity index (χ1) is 17.5. The molecule has 0 radical (unpaired) electrons. The van der Waals surface area contributed by atoms with Crippen molar-refractivity contribution in [1.82, 2.24) is 20.1 Å². The lowest BCUT2D eigenvalue weighted by Gasteiger charge is -2.33. The van der Waals surface area contributed by atoms with Crippen LogP contribution in [0.25, 0.3) is 0 Å². The molecular weight excluding hydrogens is 454 g/mol. The highest BCUT2D eigenvalue weighted by Gasteiger charge is 2.54. The summed E-state index contributed by atoms with van der Waals surface area (Å²) in [5.41, 5.74) is 1.21. The number of nitrogens with one attached hydrogen (secondary N) is 2. The lowest BCUT2D eigenvalue weighted by Crippen LogP contribution is -2.48. The van der Waals surface area contributed by atoms with Gasteiger partial charge in [-0.3, -0.25) is 14.5 Å². The zero-order valence-corrected chi connectivity index (χ0v) is 20.2. The molecule has 5 rings (SSSR count). The Morgan fingerprint density at radius 3 is 2.14 bits per heavy atom. The zero-order valence-electron chi connectivity index (χ0n) is 20.2. The second-order valence-corrected chi connectivity index (χ2v) is 9.39. The van der Waals surface area contributed by atoms with Gasteiger partial charge in [0.2, 0.25) is 5.91 Å². The fourth-order valence-electron chi connectivity index (χ4n) is 4.95. The van der Waals surface area contributed by atoms with Gasteiger partial charge in [0.25, 0.3) is 5.91 Å². The Labute approximate surface area is 210 Å². The van der Waals surface area contributed by atoms with Gasteiger partial charge in [-0.05, 0) is 42.5 Å². The van der Waals surface area contributed by atoms with Crippen molar-refractivity contribution in [3.8, 4) is 0 Å². The van der Waals surface area contributed by atoms with Crippen molar-refractivity contribution in [3.05, 3.63) is 95.7 Å². The van der Waals surface area contributed by atoms with Crippen LogP contribution in [0.2, 0.25) is 0 Å². The number of amides is 4. The number of benzene rings is 2. The highest BCUT2D eigenvalue weighted by atomic mass is 16.2. The van der Waals surface area contributed by atoms with Gasteiger partial charge in [0.05, 0.1) is 6.67 Å². The Hall–Kier alpha value is -4.04. The third-order valence-electron chi connectivity index (χ3n) is 6.98. The number of aromatic nitrogens is 1. The molecule has 8 nitrogen and oxygen atoms in total. The highest BCUT2D eigenvalue weighted by molar-refractivity contribution is 6.09. The molecule has 2 fully saturated rings. The minimum Gasteiger partial charge on any atom is -0.315 e. The largest absolute Gasteiger partial charge is 0.326 e. The summed E-state index contributed by atoms with van der Waals surface area (Å²) in [4.78, 5) is 47.3. The van der Waals surface area contributed by atoms with E-state index in [1.165, 1.54) is 4.90 Å². The molecule has 0 unspecified atom stereocenters. The smallest absolute Gasteiger partial charge is 0.315 e. The second kappa shape index (κ2) is 9.91. The third-order valence-corrected chi connectivity index (χ3v) is 6.98. The Bertz CT molecular complexity index is 1200. The van der Waals surface area contributed by atoms with Crippen LogP contribution in [0.4, 0.5) is 10.6 Å². The standard InChI is InChI=1S/C28H29N5O3/c1-20-12-13-24(29-18-20)30-25(34)21-14-16-32(17-15-21)19-33-26(35)28(31-27(33)36,22-8-4-2-5-9-22)23-10-6-3-7-11-23/h2-13,18,21H,14-17,19H2,1H3,(H,31,36)(H,29,30,34). The van der Waals surface area contributed by atoms with Crippen molar-refractivity contribution in [2.75, 3.05) is 25.1 Å². The van der Waals surface area contributed by atoms with Crippen LogP contribution in [-0.4, -0.2) is 52.4 Å². The molecule has 1 aromatic heterocycles. The van der Waals surface area contributed by atoms with Crippen molar-refractivity contribution in [2.24, 2.45) is 5.92 Å².